The highest BCUT2D eigenvalue weighted by Gasteiger charge is 2.26. The summed E-state index contributed by atoms with van der Waals surface area (Å²) in [5, 5.41) is 3.85. The Bertz CT molecular complexity index is 960. The second-order valence-corrected chi connectivity index (χ2v) is 8.62. The highest BCUT2D eigenvalue weighted by molar-refractivity contribution is 5.76. The molecule has 0 amide bonds. The minimum atomic E-state index is -0.209. The molecule has 1 aromatic heterocycles. The number of rotatable bonds is 4. The van der Waals surface area contributed by atoms with Crippen LogP contribution in [0, 0.1) is 18.7 Å². The standard InChI is InChI=1S/C24H28FN3/c1-16-27-23-14-20(25)6-11-24(23)28(16)22-9-7-21(8-10-22)26-15-17-12-18-4-2-3-5-19(18)13-17/h2-6,11,14,17,21-22,26H,7-10,12-13,15H2,1H3. The average molecular weight is 378 g/mol. The van der Waals surface area contributed by atoms with Gasteiger partial charge in [-0.1, -0.05) is 24.3 Å². The van der Waals surface area contributed by atoms with Gasteiger partial charge in [0.2, 0.25) is 0 Å². The molecule has 2 aliphatic rings. The maximum atomic E-state index is 13.5. The van der Waals surface area contributed by atoms with Crippen LogP contribution in [0.2, 0.25) is 0 Å². The number of imidazole rings is 1. The molecule has 0 bridgehead atoms. The maximum absolute atomic E-state index is 13.5. The molecule has 0 saturated heterocycles. The van der Waals surface area contributed by atoms with Crippen LogP contribution in [0.15, 0.2) is 42.5 Å². The molecule has 1 saturated carbocycles. The van der Waals surface area contributed by atoms with E-state index in [1.807, 2.05) is 13.0 Å². The smallest absolute Gasteiger partial charge is 0.125 e. The predicted molar refractivity (Wildman–Crippen MR) is 111 cm³/mol. The monoisotopic (exact) mass is 377 g/mol. The van der Waals surface area contributed by atoms with Crippen LogP contribution < -0.4 is 5.32 Å². The summed E-state index contributed by atoms with van der Waals surface area (Å²) in [4.78, 5) is 4.58. The summed E-state index contributed by atoms with van der Waals surface area (Å²) in [7, 11) is 0. The van der Waals surface area contributed by atoms with Gasteiger partial charge in [0.05, 0.1) is 11.0 Å². The highest BCUT2D eigenvalue weighted by Crippen LogP contribution is 2.33. The lowest BCUT2D eigenvalue weighted by atomic mass is 9.90. The van der Waals surface area contributed by atoms with Crippen molar-refractivity contribution in [3.63, 3.8) is 0 Å². The zero-order valence-corrected chi connectivity index (χ0v) is 16.5. The Labute approximate surface area is 166 Å². The van der Waals surface area contributed by atoms with Crippen molar-refractivity contribution in [2.45, 2.75) is 57.5 Å². The second-order valence-electron chi connectivity index (χ2n) is 8.62. The Balaban J connectivity index is 1.18. The van der Waals surface area contributed by atoms with E-state index < -0.39 is 0 Å². The summed E-state index contributed by atoms with van der Waals surface area (Å²) in [6.45, 7) is 3.16. The molecular formula is C24H28FN3. The van der Waals surface area contributed by atoms with Crippen LogP contribution in [0.4, 0.5) is 4.39 Å². The minimum absolute atomic E-state index is 0.209. The normalized spacial score (nSPS) is 22.6. The van der Waals surface area contributed by atoms with Crippen LogP contribution in [0.1, 0.15) is 48.7 Å². The van der Waals surface area contributed by atoms with Crippen LogP contribution in [-0.4, -0.2) is 22.1 Å². The van der Waals surface area contributed by atoms with E-state index in [1.165, 1.54) is 36.8 Å². The highest BCUT2D eigenvalue weighted by atomic mass is 19.1. The van der Waals surface area contributed by atoms with Crippen LogP contribution in [0.3, 0.4) is 0 Å². The molecule has 0 radical (unpaired) electrons. The molecule has 1 fully saturated rings. The van der Waals surface area contributed by atoms with Gasteiger partial charge in [-0.05, 0) is 81.2 Å². The lowest BCUT2D eigenvalue weighted by Gasteiger charge is -2.31. The van der Waals surface area contributed by atoms with Crippen LogP contribution in [-0.2, 0) is 12.8 Å². The molecule has 0 spiro atoms. The van der Waals surface area contributed by atoms with E-state index in [9.17, 15) is 4.39 Å². The van der Waals surface area contributed by atoms with Gasteiger partial charge in [0.15, 0.2) is 0 Å². The first-order valence-electron chi connectivity index (χ1n) is 10.6. The second kappa shape index (κ2) is 7.32. The zero-order valence-electron chi connectivity index (χ0n) is 16.5. The zero-order chi connectivity index (χ0) is 19.1. The summed E-state index contributed by atoms with van der Waals surface area (Å²) in [6, 6.07) is 15.0. The minimum Gasteiger partial charge on any atom is -0.325 e. The SMILES string of the molecule is Cc1nc2cc(F)ccc2n1C1CCC(NCC2Cc3ccccc3C2)CC1. The molecule has 3 nitrogen and oxygen atoms in total. The first-order chi connectivity index (χ1) is 13.7. The molecule has 2 aromatic carbocycles. The summed E-state index contributed by atoms with van der Waals surface area (Å²) in [5.41, 5.74) is 4.92. The largest absolute Gasteiger partial charge is 0.325 e. The van der Waals surface area contributed by atoms with Gasteiger partial charge in [0.25, 0.3) is 0 Å². The fraction of sp³-hybridized carbons (Fsp3) is 0.458. The first-order valence-corrected chi connectivity index (χ1v) is 10.6. The fourth-order valence-electron chi connectivity index (χ4n) is 5.32. The van der Waals surface area contributed by atoms with Gasteiger partial charge in [-0.15, -0.1) is 0 Å². The van der Waals surface area contributed by atoms with E-state index in [0.717, 1.165) is 42.2 Å². The van der Waals surface area contributed by atoms with Gasteiger partial charge >= 0.3 is 0 Å². The molecule has 2 aliphatic carbocycles. The molecule has 146 valence electrons. The summed E-state index contributed by atoms with van der Waals surface area (Å²) in [5.74, 6) is 1.53. The number of benzene rings is 2. The Morgan fingerprint density at radius 1 is 1.04 bits per heavy atom. The third-order valence-electron chi connectivity index (χ3n) is 6.72. The van der Waals surface area contributed by atoms with Crippen molar-refractivity contribution < 1.29 is 4.39 Å². The lowest BCUT2D eigenvalue weighted by molar-refractivity contribution is 0.283. The van der Waals surface area contributed by atoms with E-state index in [-0.39, 0.29) is 5.82 Å². The fourth-order valence-corrected chi connectivity index (χ4v) is 5.32. The average Bonchev–Trinajstić information content (AvgIpc) is 3.26. The van der Waals surface area contributed by atoms with Crippen LogP contribution in [0.5, 0.6) is 0 Å². The third-order valence-corrected chi connectivity index (χ3v) is 6.72. The molecule has 0 atom stereocenters. The van der Waals surface area contributed by atoms with Crippen molar-refractivity contribution >= 4 is 11.0 Å². The molecule has 3 aromatic rings. The van der Waals surface area contributed by atoms with Gasteiger partial charge in [-0.3, -0.25) is 0 Å². The molecule has 4 heteroatoms. The molecule has 0 aliphatic heterocycles. The molecule has 0 unspecified atom stereocenters. The van der Waals surface area contributed by atoms with Crippen LogP contribution >= 0.6 is 0 Å². The maximum Gasteiger partial charge on any atom is 0.125 e. The van der Waals surface area contributed by atoms with E-state index in [1.54, 1.807) is 12.1 Å². The third kappa shape index (κ3) is 3.35. The Morgan fingerprint density at radius 3 is 2.46 bits per heavy atom. The number of fused-ring (bicyclic) bond motifs is 2. The summed E-state index contributed by atoms with van der Waals surface area (Å²) in [6.07, 6.45) is 7.15. The first kappa shape index (κ1) is 17.9. The number of nitrogens with zero attached hydrogens (tertiary/aromatic N) is 2. The topological polar surface area (TPSA) is 29.9 Å². The Morgan fingerprint density at radius 2 is 1.75 bits per heavy atom. The van der Waals surface area contributed by atoms with Crippen molar-refractivity contribution in [1.82, 2.24) is 14.9 Å². The number of aromatic nitrogens is 2. The number of hydrogen-bond acceptors (Lipinski definition) is 2. The van der Waals surface area contributed by atoms with E-state index in [0.29, 0.717) is 12.1 Å². The Hall–Kier alpha value is -2.20. The van der Waals surface area contributed by atoms with Gasteiger partial charge in [-0.25, -0.2) is 9.37 Å². The van der Waals surface area contributed by atoms with Gasteiger partial charge in [0, 0.05) is 18.2 Å². The van der Waals surface area contributed by atoms with Crippen molar-refractivity contribution in [2.75, 3.05) is 6.54 Å². The number of hydrogen-bond donors (Lipinski definition) is 1. The van der Waals surface area contributed by atoms with Gasteiger partial charge in [0.1, 0.15) is 11.6 Å². The Kier molecular flexibility index (Phi) is 4.67. The number of aryl methyl sites for hydroxylation is 1. The van der Waals surface area contributed by atoms with E-state index in [2.05, 4.69) is 39.1 Å². The molecule has 5 rings (SSSR count). The van der Waals surface area contributed by atoms with E-state index in [4.69, 9.17) is 0 Å². The summed E-state index contributed by atoms with van der Waals surface area (Å²) < 4.78 is 15.8. The van der Waals surface area contributed by atoms with Crippen molar-refractivity contribution in [3.05, 3.63) is 65.2 Å². The quantitative estimate of drug-likeness (QED) is 0.695. The predicted octanol–water partition coefficient (Wildman–Crippen LogP) is 4.97. The van der Waals surface area contributed by atoms with Crippen molar-refractivity contribution in [3.8, 4) is 0 Å². The number of halogens is 1. The lowest BCUT2D eigenvalue weighted by Crippen LogP contribution is -2.37. The molecule has 28 heavy (non-hydrogen) atoms. The van der Waals surface area contributed by atoms with E-state index >= 15 is 0 Å². The van der Waals surface area contributed by atoms with Gasteiger partial charge in [-0.2, -0.15) is 0 Å². The molecule has 1 heterocycles. The molecule has 1 N–H and O–H groups in total. The van der Waals surface area contributed by atoms with Gasteiger partial charge < -0.3 is 9.88 Å². The van der Waals surface area contributed by atoms with Crippen molar-refractivity contribution in [1.29, 1.82) is 0 Å². The number of nitrogens with one attached hydrogen (secondary N) is 1. The van der Waals surface area contributed by atoms with Crippen LogP contribution in [0.25, 0.3) is 11.0 Å². The molecular weight excluding hydrogens is 349 g/mol. The summed E-state index contributed by atoms with van der Waals surface area (Å²) >= 11 is 0. The van der Waals surface area contributed by atoms with Crippen molar-refractivity contribution in [2.24, 2.45) is 5.92 Å².